The topological polar surface area (TPSA) is 116 Å². The van der Waals surface area contributed by atoms with E-state index in [-0.39, 0.29) is 13.2 Å². The van der Waals surface area contributed by atoms with Crippen LogP contribution in [0, 0.1) is 12.3 Å². The van der Waals surface area contributed by atoms with Gasteiger partial charge in [-0.05, 0) is 22.6 Å². The molecule has 152 valence electrons. The molecule has 0 saturated heterocycles. The predicted molar refractivity (Wildman–Crippen MR) is 109 cm³/mol. The second kappa shape index (κ2) is 10.3. The van der Waals surface area contributed by atoms with Crippen LogP contribution >= 0.6 is 0 Å². The molecule has 2 heterocycles. The second-order valence-corrected chi connectivity index (χ2v) is 5.95. The Morgan fingerprint density at radius 2 is 2.17 bits per heavy atom. The molecule has 0 bridgehead atoms. The molecule has 0 radical (unpaired) electrons. The smallest absolute Gasteiger partial charge is 0.412 e. The van der Waals surface area contributed by atoms with Crippen LogP contribution < -0.4 is 5.32 Å². The SMILES string of the molecule is C#CCCOC(=O)Nc1cccc(CON=Cc2ccccc2-c2nnnn2C)n1. The lowest BCUT2D eigenvalue weighted by molar-refractivity contribution is 0.129. The number of tetrazole rings is 1. The number of carbonyl (C=O) groups excluding carboxylic acids is 1. The molecule has 3 aromatic rings. The van der Waals surface area contributed by atoms with E-state index in [4.69, 9.17) is 16.0 Å². The number of nitrogens with one attached hydrogen (secondary N) is 1. The number of benzene rings is 1. The van der Waals surface area contributed by atoms with Gasteiger partial charge >= 0.3 is 6.09 Å². The summed E-state index contributed by atoms with van der Waals surface area (Å²) < 4.78 is 6.50. The van der Waals surface area contributed by atoms with Crippen molar-refractivity contribution in [2.45, 2.75) is 13.0 Å². The maximum absolute atomic E-state index is 11.7. The van der Waals surface area contributed by atoms with Gasteiger partial charge in [-0.25, -0.2) is 14.5 Å². The van der Waals surface area contributed by atoms with Crippen molar-refractivity contribution in [2.24, 2.45) is 12.2 Å². The standard InChI is InChI=1S/C20H19N7O3/c1-3-4-12-29-20(28)23-18-11-7-9-16(22-18)14-30-21-13-15-8-5-6-10-17(15)19-24-25-26-27(19)2/h1,5-11,13H,4,12,14H2,2H3,(H,22,23,28). The fourth-order valence-electron chi connectivity index (χ4n) is 2.44. The molecule has 1 amide bonds. The maximum Gasteiger partial charge on any atom is 0.412 e. The third kappa shape index (κ3) is 5.62. The average Bonchev–Trinajstić information content (AvgIpc) is 3.18. The zero-order chi connectivity index (χ0) is 21.2. The summed E-state index contributed by atoms with van der Waals surface area (Å²) in [7, 11) is 1.76. The molecule has 1 N–H and O–H groups in total. The third-order valence-corrected chi connectivity index (χ3v) is 3.82. The molecule has 0 aliphatic carbocycles. The van der Waals surface area contributed by atoms with Gasteiger partial charge in [0, 0.05) is 24.6 Å². The van der Waals surface area contributed by atoms with Gasteiger partial charge in [0.05, 0.1) is 11.9 Å². The number of aryl methyl sites for hydroxylation is 1. The van der Waals surface area contributed by atoms with Crippen molar-refractivity contribution in [3.05, 3.63) is 53.7 Å². The first kappa shape index (κ1) is 20.5. The summed E-state index contributed by atoms with van der Waals surface area (Å²) in [5.74, 6) is 3.35. The highest BCUT2D eigenvalue weighted by Crippen LogP contribution is 2.18. The predicted octanol–water partition coefficient (Wildman–Crippen LogP) is 2.39. The molecule has 10 nitrogen and oxygen atoms in total. The van der Waals surface area contributed by atoms with Gasteiger partial charge in [-0.1, -0.05) is 35.5 Å². The minimum absolute atomic E-state index is 0.117. The Kier molecular flexibility index (Phi) is 7.05. The van der Waals surface area contributed by atoms with Gasteiger partial charge in [-0.2, -0.15) is 0 Å². The number of terminal acetylenes is 1. The lowest BCUT2D eigenvalue weighted by Crippen LogP contribution is -2.15. The first-order chi connectivity index (χ1) is 14.7. The van der Waals surface area contributed by atoms with Gasteiger partial charge in [0.1, 0.15) is 12.4 Å². The Morgan fingerprint density at radius 1 is 1.30 bits per heavy atom. The third-order valence-electron chi connectivity index (χ3n) is 3.82. The number of amides is 1. The molecule has 0 fully saturated rings. The zero-order valence-corrected chi connectivity index (χ0v) is 16.2. The highest BCUT2D eigenvalue weighted by Gasteiger charge is 2.09. The Balaban J connectivity index is 1.57. The number of hydrogen-bond donors (Lipinski definition) is 1. The van der Waals surface area contributed by atoms with E-state index in [0.29, 0.717) is 23.8 Å². The van der Waals surface area contributed by atoms with E-state index in [1.54, 1.807) is 36.1 Å². The van der Waals surface area contributed by atoms with Crippen LogP contribution in [0.25, 0.3) is 11.4 Å². The Hall–Kier alpha value is -4.26. The number of anilines is 1. The molecule has 1 aromatic carbocycles. The van der Waals surface area contributed by atoms with Crippen LogP contribution in [0.5, 0.6) is 0 Å². The fraction of sp³-hybridized carbons (Fsp3) is 0.200. The van der Waals surface area contributed by atoms with Gasteiger partial charge in [-0.15, -0.1) is 17.4 Å². The quantitative estimate of drug-likeness (QED) is 0.265. The van der Waals surface area contributed by atoms with Crippen LogP contribution in [-0.2, 0) is 23.2 Å². The van der Waals surface area contributed by atoms with Crippen LogP contribution in [0.15, 0.2) is 47.6 Å². The van der Waals surface area contributed by atoms with E-state index in [2.05, 4.69) is 36.9 Å². The molecular formula is C20H19N7O3. The number of ether oxygens (including phenoxy) is 1. The highest BCUT2D eigenvalue weighted by molar-refractivity contribution is 5.88. The molecule has 3 rings (SSSR count). The normalized spacial score (nSPS) is 10.5. The number of nitrogens with zero attached hydrogens (tertiary/aromatic N) is 6. The van der Waals surface area contributed by atoms with E-state index in [1.807, 2.05) is 24.3 Å². The number of oxime groups is 1. The first-order valence-electron chi connectivity index (χ1n) is 8.97. The summed E-state index contributed by atoms with van der Waals surface area (Å²) in [6.07, 6.45) is 6.42. The molecular weight excluding hydrogens is 386 g/mol. The molecule has 10 heteroatoms. The van der Waals surface area contributed by atoms with E-state index in [0.717, 1.165) is 11.1 Å². The monoisotopic (exact) mass is 405 g/mol. The molecule has 0 atom stereocenters. The van der Waals surface area contributed by atoms with Crippen LogP contribution in [0.4, 0.5) is 10.6 Å². The second-order valence-electron chi connectivity index (χ2n) is 5.95. The summed E-state index contributed by atoms with van der Waals surface area (Å²) >= 11 is 0. The molecule has 30 heavy (non-hydrogen) atoms. The van der Waals surface area contributed by atoms with Gasteiger partial charge in [-0.3, -0.25) is 5.32 Å². The van der Waals surface area contributed by atoms with Crippen molar-refractivity contribution >= 4 is 18.1 Å². The van der Waals surface area contributed by atoms with Crippen molar-refractivity contribution in [3.63, 3.8) is 0 Å². The average molecular weight is 405 g/mol. The Labute approximate surface area is 172 Å². The van der Waals surface area contributed by atoms with Crippen LogP contribution in [0.3, 0.4) is 0 Å². The summed E-state index contributed by atoms with van der Waals surface area (Å²) in [6.45, 7) is 0.261. The molecule has 0 saturated carbocycles. The zero-order valence-electron chi connectivity index (χ0n) is 16.2. The minimum atomic E-state index is -0.622. The number of hydrogen-bond acceptors (Lipinski definition) is 8. The number of carbonyl (C=O) groups is 1. The van der Waals surface area contributed by atoms with Crippen molar-refractivity contribution in [3.8, 4) is 23.7 Å². The summed E-state index contributed by atoms with van der Waals surface area (Å²) in [6, 6.07) is 12.7. The number of pyridine rings is 1. The van der Waals surface area contributed by atoms with Crippen molar-refractivity contribution in [1.29, 1.82) is 0 Å². The number of aromatic nitrogens is 5. The Bertz CT molecular complexity index is 1070. The van der Waals surface area contributed by atoms with E-state index < -0.39 is 6.09 Å². The maximum atomic E-state index is 11.7. The van der Waals surface area contributed by atoms with Crippen molar-refractivity contribution in [1.82, 2.24) is 25.2 Å². The van der Waals surface area contributed by atoms with Gasteiger partial charge in [0.15, 0.2) is 12.4 Å². The summed E-state index contributed by atoms with van der Waals surface area (Å²) in [4.78, 5) is 21.3. The van der Waals surface area contributed by atoms with E-state index in [9.17, 15) is 4.79 Å². The van der Waals surface area contributed by atoms with E-state index >= 15 is 0 Å². The van der Waals surface area contributed by atoms with Gasteiger partial charge in [0.25, 0.3) is 0 Å². The fourth-order valence-corrected chi connectivity index (χ4v) is 2.44. The minimum Gasteiger partial charge on any atom is -0.448 e. The van der Waals surface area contributed by atoms with Crippen molar-refractivity contribution in [2.75, 3.05) is 11.9 Å². The number of rotatable bonds is 8. The lowest BCUT2D eigenvalue weighted by atomic mass is 10.1. The van der Waals surface area contributed by atoms with Gasteiger partial charge in [0.2, 0.25) is 0 Å². The van der Waals surface area contributed by atoms with E-state index in [1.165, 1.54) is 0 Å². The summed E-state index contributed by atoms with van der Waals surface area (Å²) in [5.41, 5.74) is 2.21. The molecule has 0 spiro atoms. The van der Waals surface area contributed by atoms with Crippen molar-refractivity contribution < 1.29 is 14.4 Å². The van der Waals surface area contributed by atoms with Gasteiger partial charge < -0.3 is 9.57 Å². The molecule has 2 aromatic heterocycles. The Morgan fingerprint density at radius 3 is 2.97 bits per heavy atom. The lowest BCUT2D eigenvalue weighted by Gasteiger charge is -2.06. The largest absolute Gasteiger partial charge is 0.448 e. The molecule has 0 aliphatic heterocycles. The van der Waals surface area contributed by atoms with Crippen LogP contribution in [-0.4, -0.2) is 44.1 Å². The van der Waals surface area contributed by atoms with Crippen LogP contribution in [0.2, 0.25) is 0 Å². The summed E-state index contributed by atoms with van der Waals surface area (Å²) in [5, 5.41) is 18.0. The first-order valence-corrected chi connectivity index (χ1v) is 8.97. The molecule has 0 aliphatic rings. The van der Waals surface area contributed by atoms with Crippen LogP contribution in [0.1, 0.15) is 17.7 Å². The molecule has 0 unspecified atom stereocenters. The highest BCUT2D eigenvalue weighted by atomic mass is 16.6.